The van der Waals surface area contributed by atoms with Crippen molar-refractivity contribution in [3.8, 4) is 0 Å². The lowest BCUT2D eigenvalue weighted by atomic mass is 9.62. The van der Waals surface area contributed by atoms with Gasteiger partial charge in [-0.05, 0) is 56.7 Å². The number of aromatic amines is 1. The highest BCUT2D eigenvalue weighted by Crippen LogP contribution is 2.47. The van der Waals surface area contributed by atoms with E-state index in [2.05, 4.69) is 24.9 Å². The van der Waals surface area contributed by atoms with Crippen LogP contribution in [0, 0.1) is 13.8 Å². The van der Waals surface area contributed by atoms with Crippen LogP contribution in [0.2, 0.25) is 0 Å². The fraction of sp³-hybridized carbons (Fsp3) is 0.667. The summed E-state index contributed by atoms with van der Waals surface area (Å²) in [5.74, 6) is 0. The molecule has 0 radical (unpaired) electrons. The minimum absolute atomic E-state index is 0.420. The van der Waals surface area contributed by atoms with Crippen molar-refractivity contribution in [2.75, 3.05) is 6.54 Å². The molecule has 0 unspecified atom stereocenters. The first-order valence-corrected chi connectivity index (χ1v) is 5.55. The minimum atomic E-state index is 0.420. The molecule has 0 aromatic carbocycles. The Bertz CT molecular complexity index is 321. The van der Waals surface area contributed by atoms with Gasteiger partial charge in [0.1, 0.15) is 0 Å². The molecule has 1 aliphatic rings. The second-order valence-electron chi connectivity index (χ2n) is 4.66. The smallest absolute Gasteiger partial charge is 0.0155 e. The zero-order chi connectivity index (χ0) is 10.2. The summed E-state index contributed by atoms with van der Waals surface area (Å²) in [6, 6.07) is 2.31. The number of H-pyrrole nitrogens is 1. The summed E-state index contributed by atoms with van der Waals surface area (Å²) in [5.41, 5.74) is 10.3. The van der Waals surface area contributed by atoms with Crippen LogP contribution in [0.3, 0.4) is 0 Å². The van der Waals surface area contributed by atoms with Gasteiger partial charge in [-0.15, -0.1) is 0 Å². The molecular weight excluding hydrogens is 172 g/mol. The van der Waals surface area contributed by atoms with Crippen molar-refractivity contribution in [3.63, 3.8) is 0 Å². The monoisotopic (exact) mass is 192 g/mol. The molecule has 2 nitrogen and oxygen atoms in total. The Balaban J connectivity index is 2.31. The van der Waals surface area contributed by atoms with E-state index in [1.165, 1.54) is 36.2 Å². The van der Waals surface area contributed by atoms with E-state index in [1.54, 1.807) is 0 Å². The summed E-state index contributed by atoms with van der Waals surface area (Å²) < 4.78 is 0. The number of hydrogen-bond acceptors (Lipinski definition) is 1. The van der Waals surface area contributed by atoms with Gasteiger partial charge in [0.25, 0.3) is 0 Å². The Morgan fingerprint density at radius 1 is 1.43 bits per heavy atom. The molecule has 2 rings (SSSR count). The van der Waals surface area contributed by atoms with Crippen LogP contribution in [0.5, 0.6) is 0 Å². The molecule has 0 atom stereocenters. The highest BCUT2D eigenvalue weighted by Gasteiger charge is 2.39. The van der Waals surface area contributed by atoms with Gasteiger partial charge in [-0.3, -0.25) is 0 Å². The van der Waals surface area contributed by atoms with Crippen LogP contribution < -0.4 is 5.73 Å². The quantitative estimate of drug-likeness (QED) is 0.758. The van der Waals surface area contributed by atoms with Crippen LogP contribution in [-0.2, 0) is 5.41 Å². The predicted octanol–water partition coefficient (Wildman–Crippen LogP) is 2.40. The largest absolute Gasteiger partial charge is 0.362 e. The van der Waals surface area contributed by atoms with Gasteiger partial charge in [-0.25, -0.2) is 0 Å². The second kappa shape index (κ2) is 3.43. The average Bonchev–Trinajstić information content (AvgIpc) is 2.38. The van der Waals surface area contributed by atoms with Crippen LogP contribution in [0.25, 0.3) is 0 Å². The summed E-state index contributed by atoms with van der Waals surface area (Å²) in [4.78, 5) is 3.40. The van der Waals surface area contributed by atoms with Crippen molar-refractivity contribution in [1.29, 1.82) is 0 Å². The van der Waals surface area contributed by atoms with E-state index in [0.717, 1.165) is 13.0 Å². The first-order chi connectivity index (χ1) is 6.68. The van der Waals surface area contributed by atoms with Gasteiger partial charge in [0.15, 0.2) is 0 Å². The van der Waals surface area contributed by atoms with Gasteiger partial charge < -0.3 is 10.7 Å². The van der Waals surface area contributed by atoms with Crippen LogP contribution >= 0.6 is 0 Å². The van der Waals surface area contributed by atoms with Crippen LogP contribution in [-0.4, -0.2) is 11.5 Å². The maximum atomic E-state index is 5.71. The van der Waals surface area contributed by atoms with E-state index >= 15 is 0 Å². The third-order valence-corrected chi connectivity index (χ3v) is 3.65. The molecule has 14 heavy (non-hydrogen) atoms. The van der Waals surface area contributed by atoms with Crippen molar-refractivity contribution in [3.05, 3.63) is 23.0 Å². The zero-order valence-electron chi connectivity index (χ0n) is 9.19. The lowest BCUT2D eigenvalue weighted by molar-refractivity contribution is 0.228. The van der Waals surface area contributed by atoms with E-state index in [1.807, 2.05) is 0 Å². The van der Waals surface area contributed by atoms with Gasteiger partial charge in [0.05, 0.1) is 0 Å². The number of aromatic nitrogens is 1. The highest BCUT2D eigenvalue weighted by atomic mass is 14.7. The van der Waals surface area contributed by atoms with E-state index in [4.69, 9.17) is 5.73 Å². The number of hydrogen-bond donors (Lipinski definition) is 2. The van der Waals surface area contributed by atoms with Gasteiger partial charge in [0, 0.05) is 11.4 Å². The van der Waals surface area contributed by atoms with Crippen LogP contribution in [0.4, 0.5) is 0 Å². The fourth-order valence-electron chi connectivity index (χ4n) is 2.81. The molecule has 3 N–H and O–H groups in total. The van der Waals surface area contributed by atoms with Crippen molar-refractivity contribution in [1.82, 2.24) is 4.98 Å². The van der Waals surface area contributed by atoms with E-state index in [0.29, 0.717) is 5.41 Å². The predicted molar refractivity (Wildman–Crippen MR) is 59.5 cm³/mol. The molecule has 0 aliphatic heterocycles. The molecule has 1 saturated carbocycles. The number of aryl methyl sites for hydroxylation is 2. The maximum absolute atomic E-state index is 5.71. The van der Waals surface area contributed by atoms with Crippen molar-refractivity contribution in [2.24, 2.45) is 5.73 Å². The maximum Gasteiger partial charge on any atom is 0.0155 e. The molecule has 2 heteroatoms. The Labute approximate surface area is 85.9 Å². The molecule has 78 valence electrons. The topological polar surface area (TPSA) is 41.8 Å². The summed E-state index contributed by atoms with van der Waals surface area (Å²) in [6.45, 7) is 5.12. The van der Waals surface area contributed by atoms with Gasteiger partial charge >= 0.3 is 0 Å². The normalized spacial score (nSPS) is 19.4. The molecule has 0 saturated heterocycles. The molecule has 1 fully saturated rings. The summed E-state index contributed by atoms with van der Waals surface area (Å²) in [5, 5.41) is 0. The first kappa shape index (κ1) is 9.78. The minimum Gasteiger partial charge on any atom is -0.362 e. The van der Waals surface area contributed by atoms with Crippen molar-refractivity contribution >= 4 is 0 Å². The lowest BCUT2D eigenvalue weighted by Crippen LogP contribution is -2.36. The number of nitrogens with one attached hydrogen (secondary N) is 1. The van der Waals surface area contributed by atoms with Gasteiger partial charge in [-0.1, -0.05) is 6.42 Å². The van der Waals surface area contributed by atoms with Crippen molar-refractivity contribution < 1.29 is 0 Å². The number of rotatable bonds is 3. The van der Waals surface area contributed by atoms with E-state index < -0.39 is 0 Å². The summed E-state index contributed by atoms with van der Waals surface area (Å²) in [6.07, 6.45) is 5.15. The van der Waals surface area contributed by atoms with E-state index in [9.17, 15) is 0 Å². The zero-order valence-corrected chi connectivity index (χ0v) is 9.19. The highest BCUT2D eigenvalue weighted by molar-refractivity contribution is 5.34. The summed E-state index contributed by atoms with van der Waals surface area (Å²) in [7, 11) is 0. The van der Waals surface area contributed by atoms with Gasteiger partial charge in [0.2, 0.25) is 0 Å². The Morgan fingerprint density at radius 2 is 2.14 bits per heavy atom. The molecule has 1 aromatic heterocycles. The molecule has 0 amide bonds. The Kier molecular flexibility index (Phi) is 2.40. The van der Waals surface area contributed by atoms with Crippen LogP contribution in [0.1, 0.15) is 42.6 Å². The summed E-state index contributed by atoms with van der Waals surface area (Å²) >= 11 is 0. The van der Waals surface area contributed by atoms with Crippen molar-refractivity contribution in [2.45, 2.75) is 44.9 Å². The molecular formula is C12H20N2. The molecule has 0 spiro atoms. The van der Waals surface area contributed by atoms with E-state index in [-0.39, 0.29) is 0 Å². The first-order valence-electron chi connectivity index (χ1n) is 5.55. The third-order valence-electron chi connectivity index (χ3n) is 3.65. The van der Waals surface area contributed by atoms with Crippen LogP contribution in [0.15, 0.2) is 6.07 Å². The second-order valence-corrected chi connectivity index (χ2v) is 4.66. The Hall–Kier alpha value is -0.760. The Morgan fingerprint density at radius 3 is 2.50 bits per heavy atom. The molecule has 1 heterocycles. The van der Waals surface area contributed by atoms with Gasteiger partial charge in [-0.2, -0.15) is 0 Å². The number of nitrogens with two attached hydrogens (primary N) is 1. The SMILES string of the molecule is Cc1cc(C2(CCN)CCC2)c(C)[nH]1. The average molecular weight is 192 g/mol. The molecule has 0 bridgehead atoms. The molecule has 1 aromatic rings. The molecule has 1 aliphatic carbocycles. The fourth-order valence-corrected chi connectivity index (χ4v) is 2.81. The third kappa shape index (κ3) is 1.38. The standard InChI is InChI=1S/C12H20N2/c1-9-8-11(10(2)14-9)12(6-7-13)4-3-5-12/h8,14H,3-7,13H2,1-2H3. The lowest BCUT2D eigenvalue weighted by Gasteiger charge is -2.42.